The van der Waals surface area contributed by atoms with E-state index >= 15 is 0 Å². The lowest BCUT2D eigenvalue weighted by Gasteiger charge is -2.26. The average molecular weight is 286 g/mol. The second-order valence-corrected chi connectivity index (χ2v) is 6.25. The first-order valence-corrected chi connectivity index (χ1v) is 7.76. The molecule has 2 saturated heterocycles. The number of carbonyl (C=O) groups is 2. The zero-order valence-electron chi connectivity index (χ0n) is 12.7. The number of rotatable bonds is 3. The summed E-state index contributed by atoms with van der Waals surface area (Å²) in [6, 6.07) is 8.02. The molecule has 0 aromatic heterocycles. The summed E-state index contributed by atoms with van der Waals surface area (Å²) in [6.07, 6.45) is 2.87. The number of fused-ring (bicyclic) bond motifs is 1. The van der Waals surface area contributed by atoms with Crippen molar-refractivity contribution >= 4 is 11.9 Å². The first-order valence-electron chi connectivity index (χ1n) is 7.76. The Morgan fingerprint density at radius 2 is 1.90 bits per heavy atom. The predicted octanol–water partition coefficient (Wildman–Crippen LogP) is 2.92. The molecule has 0 saturated carbocycles. The highest BCUT2D eigenvalue weighted by molar-refractivity contribution is 6.04. The van der Waals surface area contributed by atoms with Crippen molar-refractivity contribution in [3.05, 3.63) is 35.4 Å². The van der Waals surface area contributed by atoms with Gasteiger partial charge in [-0.1, -0.05) is 36.8 Å². The third-order valence-electron chi connectivity index (χ3n) is 4.63. The Bertz CT molecular complexity index is 528. The highest BCUT2D eigenvalue weighted by Crippen LogP contribution is 2.28. The van der Waals surface area contributed by atoms with Gasteiger partial charge in [0.15, 0.2) is 0 Å². The molecule has 4 nitrogen and oxygen atoms in total. The van der Waals surface area contributed by atoms with E-state index in [2.05, 4.69) is 38.1 Å². The number of benzene rings is 1. The van der Waals surface area contributed by atoms with Crippen LogP contribution >= 0.6 is 0 Å². The molecule has 3 rings (SSSR count). The van der Waals surface area contributed by atoms with Gasteiger partial charge in [0.2, 0.25) is 0 Å². The number of imide groups is 1. The molecule has 2 unspecified atom stereocenters. The van der Waals surface area contributed by atoms with Crippen molar-refractivity contribution in [2.75, 3.05) is 13.1 Å². The fraction of sp³-hybridized carbons (Fsp3) is 0.529. The molecule has 2 fully saturated rings. The lowest BCUT2D eigenvalue weighted by atomic mass is 9.99. The molecule has 3 amide bonds. The number of amides is 3. The summed E-state index contributed by atoms with van der Waals surface area (Å²) in [5.74, 6) is 0.165. The molecule has 0 aliphatic carbocycles. The van der Waals surface area contributed by atoms with Gasteiger partial charge in [-0.2, -0.15) is 0 Å². The van der Waals surface area contributed by atoms with Gasteiger partial charge < -0.3 is 4.90 Å². The van der Waals surface area contributed by atoms with Crippen molar-refractivity contribution < 1.29 is 9.59 Å². The van der Waals surface area contributed by atoms with Crippen LogP contribution in [0.1, 0.15) is 43.2 Å². The Labute approximate surface area is 125 Å². The predicted molar refractivity (Wildman–Crippen MR) is 81.0 cm³/mol. The van der Waals surface area contributed by atoms with Crippen LogP contribution in [0.15, 0.2) is 24.3 Å². The van der Waals surface area contributed by atoms with E-state index in [9.17, 15) is 9.59 Å². The number of carbonyl (C=O) groups excluding carboxylic acids is 2. The zero-order chi connectivity index (χ0) is 15.0. The summed E-state index contributed by atoms with van der Waals surface area (Å²) in [5.41, 5.74) is 2.39. The van der Waals surface area contributed by atoms with Crippen LogP contribution in [-0.4, -0.2) is 40.9 Å². The second kappa shape index (κ2) is 5.51. The minimum Gasteiger partial charge on any atom is -0.312 e. The maximum atomic E-state index is 12.4. The third-order valence-corrected chi connectivity index (χ3v) is 4.63. The SMILES string of the molecule is Cc1ccc(C(C)CN2C(=O)C3CCCCN3C2=O)cc1. The largest absolute Gasteiger partial charge is 0.327 e. The van der Waals surface area contributed by atoms with E-state index < -0.39 is 0 Å². The number of hydrogen-bond donors (Lipinski definition) is 0. The Balaban J connectivity index is 1.73. The van der Waals surface area contributed by atoms with Crippen LogP contribution in [-0.2, 0) is 4.79 Å². The van der Waals surface area contributed by atoms with Crippen molar-refractivity contribution in [3.8, 4) is 0 Å². The van der Waals surface area contributed by atoms with Crippen LogP contribution < -0.4 is 0 Å². The fourth-order valence-corrected chi connectivity index (χ4v) is 3.29. The number of urea groups is 1. The van der Waals surface area contributed by atoms with Gasteiger partial charge in [-0.25, -0.2) is 4.79 Å². The maximum absolute atomic E-state index is 12.4. The Hall–Kier alpha value is -1.84. The lowest BCUT2D eigenvalue weighted by molar-refractivity contribution is -0.129. The van der Waals surface area contributed by atoms with Crippen molar-refractivity contribution in [2.24, 2.45) is 0 Å². The average Bonchev–Trinajstić information content (AvgIpc) is 2.73. The van der Waals surface area contributed by atoms with E-state index in [-0.39, 0.29) is 23.9 Å². The quantitative estimate of drug-likeness (QED) is 0.802. The van der Waals surface area contributed by atoms with E-state index in [1.54, 1.807) is 4.90 Å². The molecule has 2 atom stereocenters. The standard InChI is InChI=1S/C17H22N2O2/c1-12-6-8-14(9-7-12)13(2)11-19-16(20)15-5-3-4-10-18(15)17(19)21/h6-9,13,15H,3-5,10-11H2,1-2H3. The number of aryl methyl sites for hydroxylation is 1. The fourth-order valence-electron chi connectivity index (χ4n) is 3.29. The van der Waals surface area contributed by atoms with Crippen molar-refractivity contribution in [3.63, 3.8) is 0 Å². The highest BCUT2D eigenvalue weighted by atomic mass is 16.2. The van der Waals surface area contributed by atoms with E-state index in [0.29, 0.717) is 6.54 Å². The molecule has 0 spiro atoms. The molecule has 1 aromatic rings. The van der Waals surface area contributed by atoms with Gasteiger partial charge in [-0.3, -0.25) is 9.69 Å². The molecule has 2 aliphatic rings. The van der Waals surface area contributed by atoms with Crippen molar-refractivity contribution in [1.29, 1.82) is 0 Å². The Morgan fingerprint density at radius 3 is 2.57 bits per heavy atom. The molecule has 112 valence electrons. The molecule has 0 bridgehead atoms. The molecular weight excluding hydrogens is 264 g/mol. The molecule has 4 heteroatoms. The number of piperidine rings is 1. The van der Waals surface area contributed by atoms with E-state index in [4.69, 9.17) is 0 Å². The highest BCUT2D eigenvalue weighted by Gasteiger charge is 2.45. The minimum absolute atomic E-state index is 0.00124. The smallest absolute Gasteiger partial charge is 0.312 e. The molecule has 2 heterocycles. The number of nitrogens with zero attached hydrogens (tertiary/aromatic N) is 2. The van der Waals surface area contributed by atoms with Gasteiger partial charge in [0.25, 0.3) is 5.91 Å². The van der Waals surface area contributed by atoms with Crippen LogP contribution in [0, 0.1) is 6.92 Å². The molecule has 21 heavy (non-hydrogen) atoms. The molecule has 1 aromatic carbocycles. The van der Waals surface area contributed by atoms with Crippen LogP contribution in [0.2, 0.25) is 0 Å². The Morgan fingerprint density at radius 1 is 1.19 bits per heavy atom. The van der Waals surface area contributed by atoms with E-state index in [1.165, 1.54) is 16.0 Å². The maximum Gasteiger partial charge on any atom is 0.327 e. The summed E-state index contributed by atoms with van der Waals surface area (Å²) in [6.45, 7) is 5.33. The molecule has 2 aliphatic heterocycles. The van der Waals surface area contributed by atoms with Crippen molar-refractivity contribution in [1.82, 2.24) is 9.80 Å². The van der Waals surface area contributed by atoms with Gasteiger partial charge in [-0.05, 0) is 37.7 Å². The zero-order valence-corrected chi connectivity index (χ0v) is 12.7. The minimum atomic E-state index is -0.198. The van der Waals surface area contributed by atoms with Crippen molar-refractivity contribution in [2.45, 2.75) is 45.1 Å². The summed E-state index contributed by atoms with van der Waals surface area (Å²) in [5, 5.41) is 0. The molecular formula is C17H22N2O2. The van der Waals surface area contributed by atoms with Gasteiger partial charge in [-0.15, -0.1) is 0 Å². The second-order valence-electron chi connectivity index (χ2n) is 6.25. The van der Waals surface area contributed by atoms with Crippen LogP contribution in [0.5, 0.6) is 0 Å². The van der Waals surface area contributed by atoms with Crippen LogP contribution in [0.25, 0.3) is 0 Å². The third kappa shape index (κ3) is 2.55. The van der Waals surface area contributed by atoms with Gasteiger partial charge in [0.1, 0.15) is 6.04 Å². The lowest BCUT2D eigenvalue weighted by Crippen LogP contribution is -2.39. The normalized spacial score (nSPS) is 23.4. The van der Waals surface area contributed by atoms with E-state index in [1.807, 2.05) is 0 Å². The van der Waals surface area contributed by atoms with Crippen LogP contribution in [0.4, 0.5) is 4.79 Å². The number of hydrogen-bond acceptors (Lipinski definition) is 2. The first kappa shape index (κ1) is 14.1. The first-order chi connectivity index (χ1) is 10.1. The summed E-state index contributed by atoms with van der Waals surface area (Å²) >= 11 is 0. The molecule has 0 radical (unpaired) electrons. The molecule has 0 N–H and O–H groups in total. The summed E-state index contributed by atoms with van der Waals surface area (Å²) < 4.78 is 0. The van der Waals surface area contributed by atoms with Gasteiger partial charge >= 0.3 is 6.03 Å². The topological polar surface area (TPSA) is 40.6 Å². The summed E-state index contributed by atoms with van der Waals surface area (Å²) in [7, 11) is 0. The monoisotopic (exact) mass is 286 g/mol. The van der Waals surface area contributed by atoms with E-state index in [0.717, 1.165) is 25.8 Å². The Kier molecular flexibility index (Phi) is 3.70. The van der Waals surface area contributed by atoms with Crippen LogP contribution in [0.3, 0.4) is 0 Å². The summed E-state index contributed by atoms with van der Waals surface area (Å²) in [4.78, 5) is 28.1. The van der Waals surface area contributed by atoms with Gasteiger partial charge in [0.05, 0.1) is 0 Å². The van der Waals surface area contributed by atoms with Gasteiger partial charge in [0, 0.05) is 13.1 Å².